The Balaban J connectivity index is 2.97. The van der Waals surface area contributed by atoms with Crippen LogP contribution in [0.15, 0.2) is 12.5 Å². The largest absolute Gasteiger partial charge is 0.481 e. The first-order valence-corrected chi connectivity index (χ1v) is 11.1. The van der Waals surface area contributed by atoms with Crippen molar-refractivity contribution in [1.82, 2.24) is 25.9 Å². The van der Waals surface area contributed by atoms with Gasteiger partial charge in [0.2, 0.25) is 17.7 Å². The van der Waals surface area contributed by atoms with Crippen LogP contribution < -0.4 is 21.7 Å². The lowest BCUT2D eigenvalue weighted by Gasteiger charge is -2.25. The first-order valence-electron chi connectivity index (χ1n) is 11.1. The Bertz CT molecular complexity index is 934. The van der Waals surface area contributed by atoms with Gasteiger partial charge in [0.15, 0.2) is 0 Å². The van der Waals surface area contributed by atoms with Crippen LogP contribution in [0.3, 0.4) is 0 Å². The number of aliphatic carboxylic acids is 3. The zero-order chi connectivity index (χ0) is 27.4. The number of carboxylic acids is 3. The van der Waals surface area contributed by atoms with Crippen LogP contribution in [0.4, 0.5) is 0 Å². The van der Waals surface area contributed by atoms with E-state index in [0.29, 0.717) is 5.69 Å². The normalized spacial score (nSPS) is 14.2. The summed E-state index contributed by atoms with van der Waals surface area (Å²) in [5.41, 5.74) is 6.09. The predicted octanol–water partition coefficient (Wildman–Crippen LogP) is -1.80. The first kappa shape index (κ1) is 30.0. The fraction of sp³-hybridized carbons (Fsp3) is 0.571. The van der Waals surface area contributed by atoms with Gasteiger partial charge in [0.25, 0.3) is 0 Å². The number of nitrogens with one attached hydrogen (secondary N) is 4. The van der Waals surface area contributed by atoms with E-state index < -0.39 is 66.2 Å². The highest BCUT2D eigenvalue weighted by molar-refractivity contribution is 5.95. The van der Waals surface area contributed by atoms with Crippen LogP contribution in [0.5, 0.6) is 0 Å². The first-order chi connectivity index (χ1) is 16.8. The number of aromatic nitrogens is 2. The molecule has 0 fully saturated rings. The average molecular weight is 513 g/mol. The molecule has 0 aliphatic heterocycles. The van der Waals surface area contributed by atoms with Crippen molar-refractivity contribution in [3.05, 3.63) is 18.2 Å². The van der Waals surface area contributed by atoms with E-state index in [2.05, 4.69) is 25.9 Å². The quantitative estimate of drug-likeness (QED) is 0.123. The molecule has 15 nitrogen and oxygen atoms in total. The van der Waals surface area contributed by atoms with Crippen molar-refractivity contribution in [2.24, 2.45) is 11.7 Å². The number of amides is 3. The van der Waals surface area contributed by atoms with Gasteiger partial charge in [-0.1, -0.05) is 13.8 Å². The number of carbonyl (C=O) groups is 6. The third-order valence-electron chi connectivity index (χ3n) is 4.95. The summed E-state index contributed by atoms with van der Waals surface area (Å²) in [7, 11) is 0. The molecule has 9 N–H and O–H groups in total. The van der Waals surface area contributed by atoms with Gasteiger partial charge >= 0.3 is 17.9 Å². The highest BCUT2D eigenvalue weighted by atomic mass is 16.4. The number of H-pyrrole nitrogens is 1. The fourth-order valence-electron chi connectivity index (χ4n) is 3.14. The fourth-order valence-corrected chi connectivity index (χ4v) is 3.14. The molecule has 0 aromatic carbocycles. The Morgan fingerprint density at radius 2 is 1.50 bits per heavy atom. The molecular weight excluding hydrogens is 480 g/mol. The highest BCUT2D eigenvalue weighted by Crippen LogP contribution is 2.08. The van der Waals surface area contributed by atoms with Crippen LogP contribution in [0.2, 0.25) is 0 Å². The maximum absolute atomic E-state index is 12.9. The molecule has 3 amide bonds. The summed E-state index contributed by atoms with van der Waals surface area (Å²) < 4.78 is 0. The molecule has 0 spiro atoms. The van der Waals surface area contributed by atoms with Crippen molar-refractivity contribution in [3.8, 4) is 0 Å². The smallest absolute Gasteiger partial charge is 0.326 e. The van der Waals surface area contributed by atoms with E-state index in [-0.39, 0.29) is 31.6 Å². The Labute approximate surface area is 206 Å². The molecule has 15 heteroatoms. The number of aromatic amines is 1. The minimum Gasteiger partial charge on any atom is -0.481 e. The van der Waals surface area contributed by atoms with Gasteiger partial charge in [0.1, 0.15) is 18.1 Å². The van der Waals surface area contributed by atoms with Gasteiger partial charge in [-0.2, -0.15) is 0 Å². The summed E-state index contributed by atoms with van der Waals surface area (Å²) in [5.74, 6) is -6.82. The molecule has 1 rings (SSSR count). The number of imidazole rings is 1. The molecule has 0 aliphatic rings. The summed E-state index contributed by atoms with van der Waals surface area (Å²) in [6, 6.07) is -5.51. The zero-order valence-electron chi connectivity index (χ0n) is 19.9. The maximum Gasteiger partial charge on any atom is 0.326 e. The number of nitrogens with two attached hydrogens (primary N) is 1. The van der Waals surface area contributed by atoms with Gasteiger partial charge in [-0.05, 0) is 18.8 Å². The second-order valence-electron chi connectivity index (χ2n) is 8.57. The summed E-state index contributed by atoms with van der Waals surface area (Å²) in [6.07, 6.45) is 1.22. The van der Waals surface area contributed by atoms with E-state index in [1.54, 1.807) is 13.8 Å². The number of rotatable bonds is 16. The van der Waals surface area contributed by atoms with Gasteiger partial charge < -0.3 is 42.0 Å². The monoisotopic (exact) mass is 512 g/mol. The van der Waals surface area contributed by atoms with Crippen LogP contribution in [0.25, 0.3) is 0 Å². The predicted molar refractivity (Wildman–Crippen MR) is 122 cm³/mol. The molecule has 4 unspecified atom stereocenters. The second kappa shape index (κ2) is 14.4. The lowest BCUT2D eigenvalue weighted by Crippen LogP contribution is -2.58. The topological polar surface area (TPSA) is 254 Å². The minimum atomic E-state index is -1.65. The van der Waals surface area contributed by atoms with Crippen LogP contribution in [-0.2, 0) is 35.2 Å². The van der Waals surface area contributed by atoms with Crippen molar-refractivity contribution < 1.29 is 44.1 Å². The molecular formula is C21H32N6O9. The number of carbonyl (C=O) groups excluding carboxylic acids is 3. The third-order valence-corrected chi connectivity index (χ3v) is 4.95. The molecule has 0 bridgehead atoms. The van der Waals surface area contributed by atoms with E-state index in [9.17, 15) is 39.0 Å². The van der Waals surface area contributed by atoms with E-state index in [1.807, 2.05) is 0 Å². The number of hydrogen-bond acceptors (Lipinski definition) is 8. The lowest BCUT2D eigenvalue weighted by atomic mass is 10.0. The van der Waals surface area contributed by atoms with E-state index in [0.717, 1.165) is 0 Å². The molecule has 36 heavy (non-hydrogen) atoms. The third kappa shape index (κ3) is 10.9. The van der Waals surface area contributed by atoms with Crippen molar-refractivity contribution in [1.29, 1.82) is 0 Å². The van der Waals surface area contributed by atoms with Crippen LogP contribution in [0, 0.1) is 5.92 Å². The van der Waals surface area contributed by atoms with Gasteiger partial charge in [0, 0.05) is 24.7 Å². The summed E-state index contributed by atoms with van der Waals surface area (Å²) in [6.45, 7) is 3.51. The van der Waals surface area contributed by atoms with Crippen LogP contribution in [-0.4, -0.2) is 85.1 Å². The SMILES string of the molecule is CC(C)CC(NC(=O)C(N)CCC(=O)O)C(=O)NC(CC(=O)O)C(=O)NC(Cc1cnc[nH]1)C(=O)O. The molecule has 1 heterocycles. The van der Waals surface area contributed by atoms with Crippen LogP contribution >= 0.6 is 0 Å². The van der Waals surface area contributed by atoms with Gasteiger partial charge in [-0.25, -0.2) is 9.78 Å². The molecule has 200 valence electrons. The molecule has 0 aliphatic carbocycles. The number of hydrogen-bond donors (Lipinski definition) is 8. The Morgan fingerprint density at radius 1 is 0.917 bits per heavy atom. The van der Waals surface area contributed by atoms with Gasteiger partial charge in [0.05, 0.1) is 18.8 Å². The average Bonchev–Trinajstić information content (AvgIpc) is 3.28. The van der Waals surface area contributed by atoms with Crippen molar-refractivity contribution in [2.45, 2.75) is 70.1 Å². The number of nitrogens with zero attached hydrogens (tertiary/aromatic N) is 1. The second-order valence-corrected chi connectivity index (χ2v) is 8.57. The lowest BCUT2D eigenvalue weighted by molar-refractivity contribution is -0.144. The molecule has 1 aromatic heterocycles. The Kier molecular flexibility index (Phi) is 12.0. The van der Waals surface area contributed by atoms with Crippen LogP contribution in [0.1, 0.15) is 45.2 Å². The molecule has 0 radical (unpaired) electrons. The maximum atomic E-state index is 12.9. The zero-order valence-corrected chi connectivity index (χ0v) is 19.9. The van der Waals surface area contributed by atoms with Gasteiger partial charge in [-0.3, -0.25) is 24.0 Å². The number of carboxylic acid groups (broad SMARTS) is 3. The molecule has 1 aromatic rings. The highest BCUT2D eigenvalue weighted by Gasteiger charge is 2.32. The molecule has 4 atom stereocenters. The van der Waals surface area contributed by atoms with Crippen molar-refractivity contribution >= 4 is 35.6 Å². The van der Waals surface area contributed by atoms with Crippen molar-refractivity contribution in [3.63, 3.8) is 0 Å². The molecule has 0 saturated carbocycles. The van der Waals surface area contributed by atoms with E-state index in [4.69, 9.17) is 10.8 Å². The van der Waals surface area contributed by atoms with Crippen molar-refractivity contribution in [2.75, 3.05) is 0 Å². The summed E-state index contributed by atoms with van der Waals surface area (Å²) >= 11 is 0. The Morgan fingerprint density at radius 3 is 2.00 bits per heavy atom. The summed E-state index contributed by atoms with van der Waals surface area (Å²) in [4.78, 5) is 78.1. The minimum absolute atomic E-state index is 0.0994. The molecule has 0 saturated heterocycles. The van der Waals surface area contributed by atoms with E-state index in [1.165, 1.54) is 12.5 Å². The van der Waals surface area contributed by atoms with E-state index >= 15 is 0 Å². The Hall–Kier alpha value is -4.01. The van der Waals surface area contributed by atoms with Gasteiger partial charge in [-0.15, -0.1) is 0 Å². The summed E-state index contributed by atoms with van der Waals surface area (Å²) in [5, 5.41) is 34.3. The standard InChI is InChI=1S/C21H32N6O9/c1-10(2)5-13(25-18(32)12(22)3-4-16(28)29)19(33)26-14(7-17(30)31)20(34)27-15(21(35)36)6-11-8-23-9-24-11/h8-10,12-15H,3-7,22H2,1-2H3,(H,23,24)(H,25,32)(H,26,33)(H,27,34)(H,28,29)(H,30,31)(H,35,36).